The van der Waals surface area contributed by atoms with Gasteiger partial charge >= 0.3 is 10.8 Å². The second kappa shape index (κ2) is 7.07. The number of hydrogen-bond acceptors (Lipinski definition) is 4. The van der Waals surface area contributed by atoms with Crippen molar-refractivity contribution in [1.29, 1.82) is 0 Å². The second-order valence-electron chi connectivity index (χ2n) is 4.92. The fourth-order valence-electron chi connectivity index (χ4n) is 2.23. The van der Waals surface area contributed by atoms with Gasteiger partial charge in [0.25, 0.3) is 0 Å². The summed E-state index contributed by atoms with van der Waals surface area (Å²) in [5.41, 5.74) is 1.81. The maximum Gasteiger partial charge on any atom is 0.326 e. The van der Waals surface area contributed by atoms with Crippen LogP contribution in [0.1, 0.15) is 5.56 Å². The Kier molecular flexibility index (Phi) is 4.68. The van der Waals surface area contributed by atoms with Gasteiger partial charge in [0.2, 0.25) is 0 Å². The highest BCUT2D eigenvalue weighted by Gasteiger charge is 2.11. The molecule has 4 nitrogen and oxygen atoms in total. The minimum atomic E-state index is -0.423. The van der Waals surface area contributed by atoms with Crippen LogP contribution in [-0.4, -0.2) is 17.1 Å². The fraction of sp³-hybridized carbons (Fsp3) is 0.111. The lowest BCUT2D eigenvalue weighted by Gasteiger charge is -2.03. The van der Waals surface area contributed by atoms with Gasteiger partial charge in [-0.3, -0.25) is 14.2 Å². The topological polar surface area (TPSA) is 48.3 Å². The summed E-state index contributed by atoms with van der Waals surface area (Å²) in [6.45, 7) is 0.118. The van der Waals surface area contributed by atoms with Gasteiger partial charge in [-0.1, -0.05) is 59.9 Å². The van der Waals surface area contributed by atoms with E-state index in [1.165, 1.54) is 4.57 Å². The Morgan fingerprint density at radius 3 is 2.65 bits per heavy atom. The van der Waals surface area contributed by atoms with Crippen molar-refractivity contribution >= 4 is 33.6 Å². The molecule has 3 aromatic rings. The van der Waals surface area contributed by atoms with E-state index in [1.54, 1.807) is 6.08 Å². The van der Waals surface area contributed by atoms with Crippen LogP contribution in [0.3, 0.4) is 0 Å². The van der Waals surface area contributed by atoms with Crippen molar-refractivity contribution in [2.75, 3.05) is 6.61 Å². The number of carbonyl (C=O) groups is 1. The molecule has 0 aliphatic heterocycles. The van der Waals surface area contributed by atoms with Crippen LogP contribution in [0.2, 0.25) is 0 Å². The van der Waals surface area contributed by atoms with E-state index < -0.39 is 5.97 Å². The summed E-state index contributed by atoms with van der Waals surface area (Å²) in [7, 11) is 0. The van der Waals surface area contributed by atoms with Crippen LogP contribution < -0.4 is 4.87 Å². The first kappa shape index (κ1) is 15.2. The first-order valence-electron chi connectivity index (χ1n) is 7.19. The van der Waals surface area contributed by atoms with Crippen molar-refractivity contribution < 1.29 is 9.53 Å². The maximum absolute atomic E-state index is 11.9. The molecule has 0 bridgehead atoms. The van der Waals surface area contributed by atoms with Gasteiger partial charge in [-0.2, -0.15) is 0 Å². The van der Waals surface area contributed by atoms with Crippen molar-refractivity contribution in [2.45, 2.75) is 6.54 Å². The average Bonchev–Trinajstić information content (AvgIpc) is 2.88. The number of esters is 1. The first-order valence-corrected chi connectivity index (χ1v) is 8.01. The molecule has 0 aliphatic rings. The summed E-state index contributed by atoms with van der Waals surface area (Å²) < 4.78 is 7.48. The smallest absolute Gasteiger partial charge is 0.326 e. The van der Waals surface area contributed by atoms with Gasteiger partial charge in [0, 0.05) is 0 Å². The van der Waals surface area contributed by atoms with Crippen molar-refractivity contribution in [3.05, 3.63) is 75.9 Å². The minimum Gasteiger partial charge on any atom is -0.460 e. The van der Waals surface area contributed by atoms with Gasteiger partial charge in [-0.15, -0.1) is 0 Å². The summed E-state index contributed by atoms with van der Waals surface area (Å²) in [5, 5.41) is 0. The number of rotatable bonds is 5. The molecular formula is C18H15NO3S. The Morgan fingerprint density at radius 1 is 1.09 bits per heavy atom. The summed E-state index contributed by atoms with van der Waals surface area (Å²) in [6.07, 6.45) is 3.67. The minimum absolute atomic E-state index is 0.0674. The Morgan fingerprint density at radius 2 is 1.83 bits per heavy atom. The standard InChI is InChI=1S/C18H15NO3S/c20-17(22-12-6-9-14-7-2-1-3-8-14)13-19-15-10-4-5-11-16(15)23-18(19)21/h1-11H,12-13H2/b9-6-. The number of nitrogens with zero attached hydrogens (tertiary/aromatic N) is 1. The van der Waals surface area contributed by atoms with Crippen LogP contribution in [0.25, 0.3) is 16.3 Å². The van der Waals surface area contributed by atoms with Gasteiger partial charge in [-0.05, 0) is 23.8 Å². The molecule has 23 heavy (non-hydrogen) atoms. The zero-order chi connectivity index (χ0) is 16.1. The van der Waals surface area contributed by atoms with Crippen molar-refractivity contribution in [3.8, 4) is 0 Å². The van der Waals surface area contributed by atoms with Crippen LogP contribution in [-0.2, 0) is 16.1 Å². The number of aromatic nitrogens is 1. The van der Waals surface area contributed by atoms with E-state index in [0.717, 1.165) is 27.1 Å². The number of hydrogen-bond donors (Lipinski definition) is 0. The van der Waals surface area contributed by atoms with E-state index in [0.29, 0.717) is 0 Å². The first-order chi connectivity index (χ1) is 11.2. The molecule has 0 spiro atoms. The molecule has 0 aliphatic carbocycles. The van der Waals surface area contributed by atoms with Crippen LogP contribution in [0, 0.1) is 0 Å². The third-order valence-electron chi connectivity index (χ3n) is 3.31. The van der Waals surface area contributed by atoms with Crippen molar-refractivity contribution in [2.24, 2.45) is 0 Å². The lowest BCUT2D eigenvalue weighted by Crippen LogP contribution is -2.20. The van der Waals surface area contributed by atoms with Gasteiger partial charge in [-0.25, -0.2) is 0 Å². The van der Waals surface area contributed by atoms with Crippen LogP contribution in [0.5, 0.6) is 0 Å². The molecule has 2 aromatic carbocycles. The number of carbonyl (C=O) groups excluding carboxylic acids is 1. The van der Waals surface area contributed by atoms with Crippen LogP contribution >= 0.6 is 11.3 Å². The number of thiazole rings is 1. The van der Waals surface area contributed by atoms with Gasteiger partial charge < -0.3 is 4.74 Å². The largest absolute Gasteiger partial charge is 0.460 e. The van der Waals surface area contributed by atoms with Gasteiger partial charge in [0.1, 0.15) is 13.2 Å². The summed E-state index contributed by atoms with van der Waals surface area (Å²) in [4.78, 5) is 23.7. The van der Waals surface area contributed by atoms with Gasteiger partial charge in [0.05, 0.1) is 10.2 Å². The van der Waals surface area contributed by atoms with Crippen molar-refractivity contribution in [3.63, 3.8) is 0 Å². The highest BCUT2D eigenvalue weighted by molar-refractivity contribution is 7.16. The summed E-state index contributed by atoms with van der Waals surface area (Å²) in [5.74, 6) is -0.423. The zero-order valence-corrected chi connectivity index (χ0v) is 13.2. The highest BCUT2D eigenvalue weighted by Crippen LogP contribution is 2.16. The summed E-state index contributed by atoms with van der Waals surface area (Å²) in [6, 6.07) is 17.2. The molecule has 1 aromatic heterocycles. The Hall–Kier alpha value is -2.66. The van der Waals surface area contributed by atoms with Crippen LogP contribution in [0.4, 0.5) is 0 Å². The Bertz CT molecular complexity index is 893. The number of benzene rings is 2. The Balaban J connectivity index is 1.60. The lowest BCUT2D eigenvalue weighted by molar-refractivity contribution is -0.143. The zero-order valence-electron chi connectivity index (χ0n) is 12.3. The fourth-order valence-corrected chi connectivity index (χ4v) is 3.12. The maximum atomic E-state index is 11.9. The number of para-hydroxylation sites is 1. The molecule has 0 saturated heterocycles. The van der Waals surface area contributed by atoms with E-state index in [2.05, 4.69) is 0 Å². The molecule has 116 valence electrons. The average molecular weight is 325 g/mol. The lowest BCUT2D eigenvalue weighted by atomic mass is 10.2. The monoisotopic (exact) mass is 325 g/mol. The molecule has 0 radical (unpaired) electrons. The van der Waals surface area contributed by atoms with E-state index >= 15 is 0 Å². The quantitative estimate of drug-likeness (QED) is 0.676. The molecule has 0 saturated carbocycles. The van der Waals surface area contributed by atoms with E-state index in [9.17, 15) is 9.59 Å². The molecule has 0 unspecified atom stereocenters. The molecule has 1 heterocycles. The Labute approximate surface area is 137 Å². The second-order valence-corrected chi connectivity index (χ2v) is 5.91. The normalized spacial score (nSPS) is 11.1. The van der Waals surface area contributed by atoms with E-state index in [1.807, 2.05) is 60.7 Å². The third-order valence-corrected chi connectivity index (χ3v) is 4.27. The number of ether oxygens (including phenoxy) is 1. The highest BCUT2D eigenvalue weighted by atomic mass is 32.1. The summed E-state index contributed by atoms with van der Waals surface area (Å²) >= 11 is 1.13. The molecule has 0 N–H and O–H groups in total. The number of fused-ring (bicyclic) bond motifs is 1. The molecule has 0 amide bonds. The van der Waals surface area contributed by atoms with E-state index in [-0.39, 0.29) is 18.0 Å². The molecule has 0 fully saturated rings. The molecule has 5 heteroatoms. The third kappa shape index (κ3) is 3.76. The molecule has 0 atom stereocenters. The predicted octanol–water partition coefficient (Wildman–Crippen LogP) is 3.32. The van der Waals surface area contributed by atoms with Crippen LogP contribution in [0.15, 0.2) is 65.5 Å². The molecular weight excluding hydrogens is 310 g/mol. The SMILES string of the molecule is O=C(Cn1c(=O)sc2ccccc21)OC/C=C\c1ccccc1. The predicted molar refractivity (Wildman–Crippen MR) is 92.5 cm³/mol. The van der Waals surface area contributed by atoms with E-state index in [4.69, 9.17) is 4.74 Å². The van der Waals surface area contributed by atoms with Crippen molar-refractivity contribution in [1.82, 2.24) is 4.57 Å². The van der Waals surface area contributed by atoms with Gasteiger partial charge in [0.15, 0.2) is 0 Å². The molecule has 3 rings (SSSR count).